The van der Waals surface area contributed by atoms with Crippen LogP contribution < -0.4 is 4.90 Å². The van der Waals surface area contributed by atoms with Crippen LogP contribution in [-0.4, -0.2) is 4.57 Å². The van der Waals surface area contributed by atoms with Gasteiger partial charge in [0.2, 0.25) is 0 Å². The van der Waals surface area contributed by atoms with E-state index in [2.05, 4.69) is 228 Å². The van der Waals surface area contributed by atoms with Crippen molar-refractivity contribution in [3.8, 4) is 39.1 Å². The Hall–Kier alpha value is -8.14. The van der Waals surface area contributed by atoms with Gasteiger partial charge in [-0.25, -0.2) is 0 Å². The maximum atomic E-state index is 6.34. The summed E-state index contributed by atoms with van der Waals surface area (Å²) in [6.45, 7) is 0. The van der Waals surface area contributed by atoms with Gasteiger partial charge in [0.05, 0.1) is 22.4 Å². The van der Waals surface area contributed by atoms with Crippen LogP contribution in [0.5, 0.6) is 0 Å². The molecule has 0 aliphatic rings. The van der Waals surface area contributed by atoms with Gasteiger partial charge in [-0.3, -0.25) is 0 Å². The molecule has 0 saturated carbocycles. The Morgan fingerprint density at radius 2 is 0.902 bits per heavy atom. The number of hydrogen-bond donors (Lipinski definition) is 0. The molecule has 286 valence electrons. The van der Waals surface area contributed by atoms with Gasteiger partial charge >= 0.3 is 0 Å². The van der Waals surface area contributed by atoms with Crippen molar-refractivity contribution in [1.29, 1.82) is 0 Å². The lowest BCUT2D eigenvalue weighted by atomic mass is 9.95. The van der Waals surface area contributed by atoms with Gasteiger partial charge in [0.1, 0.15) is 11.2 Å². The summed E-state index contributed by atoms with van der Waals surface area (Å²) in [6.07, 6.45) is 0. The first kappa shape index (κ1) is 34.9. The summed E-state index contributed by atoms with van der Waals surface area (Å²) in [5, 5.41) is 7.21. The third-order valence-corrected chi connectivity index (χ3v) is 12.2. The molecule has 2 aromatic heterocycles. The SMILES string of the molecule is c1cc(-c2ccc3c(c2)oc2ccccc23)cc(N(c2ccc(-c3ccccc3-n3c4ccccc4c4ccccc43)cc2)c2ccccc2-c2cccc3ccccc23)c1. The lowest BCUT2D eigenvalue weighted by Crippen LogP contribution is -2.11. The molecule has 3 nitrogen and oxygen atoms in total. The molecule has 0 atom stereocenters. The standard InChI is InChI=1S/C58H38N2O/c1-2-19-45-39(15-1)16-14-25-47(45)48-21-4-9-27-54(48)59(44-18-13-17-41(37-44)42-33-36-52-51-24-7-12-30-57(51)61-58(52)38-42)43-34-31-40(32-35-43)46-20-3-8-26-53(46)60-55-28-10-5-22-49(55)50-23-6-11-29-56(50)60/h1-38H. The Bertz CT molecular complexity index is 3550. The maximum Gasteiger partial charge on any atom is 0.136 e. The molecule has 0 radical (unpaired) electrons. The van der Waals surface area contributed by atoms with Crippen LogP contribution in [0.2, 0.25) is 0 Å². The predicted molar refractivity (Wildman–Crippen MR) is 257 cm³/mol. The molecule has 10 aromatic carbocycles. The number of anilines is 3. The smallest absolute Gasteiger partial charge is 0.136 e. The van der Waals surface area contributed by atoms with Gasteiger partial charge in [0, 0.05) is 44.0 Å². The van der Waals surface area contributed by atoms with Gasteiger partial charge < -0.3 is 13.9 Å². The van der Waals surface area contributed by atoms with Crippen LogP contribution in [0.3, 0.4) is 0 Å². The average Bonchev–Trinajstić information content (AvgIpc) is 3.87. The third kappa shape index (κ3) is 5.82. The van der Waals surface area contributed by atoms with Gasteiger partial charge in [-0.15, -0.1) is 0 Å². The minimum atomic E-state index is 0.888. The summed E-state index contributed by atoms with van der Waals surface area (Å²) in [5.74, 6) is 0. The zero-order chi connectivity index (χ0) is 40.3. The van der Waals surface area contributed by atoms with Crippen molar-refractivity contribution in [2.24, 2.45) is 0 Å². The first-order valence-electron chi connectivity index (χ1n) is 20.8. The summed E-state index contributed by atoms with van der Waals surface area (Å²) in [4.78, 5) is 2.41. The molecular formula is C58H38N2O. The van der Waals surface area contributed by atoms with Crippen molar-refractivity contribution >= 4 is 71.6 Å². The van der Waals surface area contributed by atoms with Crippen molar-refractivity contribution in [3.05, 3.63) is 231 Å². The molecule has 61 heavy (non-hydrogen) atoms. The molecule has 0 amide bonds. The van der Waals surface area contributed by atoms with Crippen LogP contribution in [-0.2, 0) is 0 Å². The number of aromatic nitrogens is 1. The summed E-state index contributed by atoms with van der Waals surface area (Å²) in [7, 11) is 0. The Kier molecular flexibility index (Phi) is 8.17. The van der Waals surface area contributed by atoms with Crippen molar-refractivity contribution in [3.63, 3.8) is 0 Å². The van der Waals surface area contributed by atoms with E-state index in [9.17, 15) is 0 Å². The molecule has 0 unspecified atom stereocenters. The molecule has 0 bridgehead atoms. The van der Waals surface area contributed by atoms with E-state index >= 15 is 0 Å². The Labute approximate surface area is 353 Å². The van der Waals surface area contributed by atoms with E-state index in [1.807, 2.05) is 12.1 Å². The van der Waals surface area contributed by atoms with E-state index in [1.54, 1.807) is 0 Å². The Balaban J connectivity index is 1.02. The molecule has 12 aromatic rings. The summed E-state index contributed by atoms with van der Waals surface area (Å²) in [5.41, 5.74) is 15.5. The van der Waals surface area contributed by atoms with Crippen molar-refractivity contribution in [2.75, 3.05) is 4.90 Å². The van der Waals surface area contributed by atoms with Crippen LogP contribution in [0, 0.1) is 0 Å². The van der Waals surface area contributed by atoms with Crippen LogP contribution in [0.4, 0.5) is 17.1 Å². The first-order chi connectivity index (χ1) is 30.3. The molecule has 0 saturated heterocycles. The second-order valence-electron chi connectivity index (χ2n) is 15.7. The van der Waals surface area contributed by atoms with E-state index in [1.165, 1.54) is 43.7 Å². The molecule has 12 rings (SSSR count). The van der Waals surface area contributed by atoms with Gasteiger partial charge in [0.15, 0.2) is 0 Å². The number of fused-ring (bicyclic) bond motifs is 7. The van der Waals surface area contributed by atoms with Crippen molar-refractivity contribution in [2.45, 2.75) is 0 Å². The minimum absolute atomic E-state index is 0.888. The largest absolute Gasteiger partial charge is 0.456 e. The molecule has 0 spiro atoms. The van der Waals surface area contributed by atoms with Gasteiger partial charge in [-0.1, -0.05) is 164 Å². The van der Waals surface area contributed by atoms with E-state index in [0.29, 0.717) is 0 Å². The third-order valence-electron chi connectivity index (χ3n) is 12.2. The zero-order valence-corrected chi connectivity index (χ0v) is 33.2. The zero-order valence-electron chi connectivity index (χ0n) is 33.2. The number of furan rings is 1. The van der Waals surface area contributed by atoms with Crippen LogP contribution in [0.25, 0.3) is 93.6 Å². The Morgan fingerprint density at radius 3 is 1.72 bits per heavy atom. The number of hydrogen-bond acceptors (Lipinski definition) is 2. The highest BCUT2D eigenvalue weighted by atomic mass is 16.3. The van der Waals surface area contributed by atoms with Crippen LogP contribution in [0.1, 0.15) is 0 Å². The number of nitrogens with zero attached hydrogens (tertiary/aromatic N) is 2. The molecule has 0 aliphatic carbocycles. The number of benzene rings is 10. The summed E-state index contributed by atoms with van der Waals surface area (Å²) in [6, 6.07) is 83.0. The molecule has 0 aliphatic heterocycles. The maximum absolute atomic E-state index is 6.34. The van der Waals surface area contributed by atoms with Gasteiger partial charge in [-0.2, -0.15) is 0 Å². The topological polar surface area (TPSA) is 21.3 Å². The summed E-state index contributed by atoms with van der Waals surface area (Å²) < 4.78 is 8.75. The molecule has 2 heterocycles. The van der Waals surface area contributed by atoms with E-state index in [-0.39, 0.29) is 0 Å². The summed E-state index contributed by atoms with van der Waals surface area (Å²) >= 11 is 0. The van der Waals surface area contributed by atoms with Crippen molar-refractivity contribution < 1.29 is 4.42 Å². The normalized spacial score (nSPS) is 11.6. The fraction of sp³-hybridized carbons (Fsp3) is 0. The van der Waals surface area contributed by atoms with E-state index < -0.39 is 0 Å². The minimum Gasteiger partial charge on any atom is -0.456 e. The fourth-order valence-corrected chi connectivity index (χ4v) is 9.40. The average molecular weight is 779 g/mol. The molecular weight excluding hydrogens is 741 g/mol. The number of para-hydroxylation sites is 5. The highest BCUT2D eigenvalue weighted by Crippen LogP contribution is 2.45. The highest BCUT2D eigenvalue weighted by molar-refractivity contribution is 6.10. The van der Waals surface area contributed by atoms with E-state index in [4.69, 9.17) is 4.42 Å². The second kappa shape index (κ2) is 14.3. The van der Waals surface area contributed by atoms with E-state index in [0.717, 1.165) is 66.9 Å². The van der Waals surface area contributed by atoms with Gasteiger partial charge in [0.25, 0.3) is 0 Å². The molecule has 0 N–H and O–H groups in total. The molecule has 3 heteroatoms. The monoisotopic (exact) mass is 778 g/mol. The van der Waals surface area contributed by atoms with Crippen LogP contribution in [0.15, 0.2) is 235 Å². The van der Waals surface area contributed by atoms with Crippen LogP contribution >= 0.6 is 0 Å². The van der Waals surface area contributed by atoms with Crippen molar-refractivity contribution in [1.82, 2.24) is 4.57 Å². The number of rotatable bonds is 7. The highest BCUT2D eigenvalue weighted by Gasteiger charge is 2.20. The Morgan fingerprint density at radius 1 is 0.328 bits per heavy atom. The predicted octanol–water partition coefficient (Wildman–Crippen LogP) is 16.3. The second-order valence-corrected chi connectivity index (χ2v) is 15.7. The van der Waals surface area contributed by atoms with Gasteiger partial charge in [-0.05, 0) is 99.8 Å². The fourth-order valence-electron chi connectivity index (χ4n) is 9.40. The first-order valence-corrected chi connectivity index (χ1v) is 20.8. The molecule has 0 fully saturated rings. The lowest BCUT2D eigenvalue weighted by Gasteiger charge is -2.29. The lowest BCUT2D eigenvalue weighted by molar-refractivity contribution is 0.669. The quantitative estimate of drug-likeness (QED) is 0.161.